The first-order valence-electron chi connectivity index (χ1n) is 9.20. The maximum Gasteiger partial charge on any atom is 0.317 e. The molecule has 138 valence electrons. The lowest BCUT2D eigenvalue weighted by Crippen LogP contribution is -2.47. The molecule has 5 nitrogen and oxygen atoms in total. The Balaban J connectivity index is 2.05. The molecule has 5 heteroatoms. The summed E-state index contributed by atoms with van der Waals surface area (Å²) in [4.78, 5) is 27.0. The zero-order valence-corrected chi connectivity index (χ0v) is 15.9. The number of benzene rings is 1. The van der Waals surface area contributed by atoms with Gasteiger partial charge in [0.1, 0.15) is 5.75 Å². The summed E-state index contributed by atoms with van der Waals surface area (Å²) >= 11 is 0. The third-order valence-corrected chi connectivity index (χ3v) is 4.83. The van der Waals surface area contributed by atoms with Gasteiger partial charge in [0.2, 0.25) is 0 Å². The Bertz CT molecular complexity index is 604. The van der Waals surface area contributed by atoms with Crippen molar-refractivity contribution in [2.45, 2.75) is 46.5 Å². The van der Waals surface area contributed by atoms with Crippen molar-refractivity contribution in [1.82, 2.24) is 10.2 Å². The van der Waals surface area contributed by atoms with Crippen molar-refractivity contribution in [2.75, 3.05) is 26.7 Å². The number of aryl methyl sites for hydroxylation is 2. The third-order valence-electron chi connectivity index (χ3n) is 4.83. The van der Waals surface area contributed by atoms with Crippen molar-refractivity contribution < 1.29 is 14.3 Å². The van der Waals surface area contributed by atoms with Crippen LogP contribution >= 0.6 is 0 Å². The van der Waals surface area contributed by atoms with E-state index in [0.717, 1.165) is 49.1 Å². The van der Waals surface area contributed by atoms with Crippen LogP contribution in [0.4, 0.5) is 4.79 Å². The van der Waals surface area contributed by atoms with Gasteiger partial charge in [-0.3, -0.25) is 4.79 Å². The van der Waals surface area contributed by atoms with Gasteiger partial charge in [0.05, 0.1) is 7.11 Å². The van der Waals surface area contributed by atoms with E-state index in [0.29, 0.717) is 18.7 Å². The number of hydrogen-bond donors (Lipinski definition) is 1. The molecule has 1 saturated heterocycles. The van der Waals surface area contributed by atoms with Crippen molar-refractivity contribution >= 4 is 11.8 Å². The number of carbonyl (C=O) groups excluding carboxylic acids is 2. The summed E-state index contributed by atoms with van der Waals surface area (Å²) < 4.78 is 5.38. The average molecular weight is 346 g/mol. The minimum atomic E-state index is -0.127. The predicted molar refractivity (Wildman–Crippen MR) is 99.4 cm³/mol. The molecule has 0 radical (unpaired) electrons. The fraction of sp³-hybridized carbons (Fsp3) is 0.600. The molecular formula is C20H30N2O3. The monoisotopic (exact) mass is 346 g/mol. The molecule has 1 aliphatic heterocycles. The number of rotatable bonds is 6. The molecule has 1 N–H and O–H groups in total. The van der Waals surface area contributed by atoms with Gasteiger partial charge >= 0.3 is 6.03 Å². The quantitative estimate of drug-likeness (QED) is 0.631. The van der Waals surface area contributed by atoms with Crippen LogP contribution in [0.5, 0.6) is 5.75 Å². The number of nitrogens with one attached hydrogen (secondary N) is 1. The summed E-state index contributed by atoms with van der Waals surface area (Å²) in [5, 5.41) is 2.95. The predicted octanol–water partition coefficient (Wildman–Crippen LogP) is 3.72. The maximum absolute atomic E-state index is 12.9. The molecule has 25 heavy (non-hydrogen) atoms. The summed E-state index contributed by atoms with van der Waals surface area (Å²) in [7, 11) is 1.65. The molecule has 0 bridgehead atoms. The zero-order chi connectivity index (χ0) is 18.4. The summed E-state index contributed by atoms with van der Waals surface area (Å²) in [5.74, 6) is 0.829. The van der Waals surface area contributed by atoms with Crippen LogP contribution in [0.25, 0.3) is 0 Å². The first kappa shape index (κ1) is 19.3. The van der Waals surface area contributed by atoms with Crippen molar-refractivity contribution in [3.05, 3.63) is 28.8 Å². The Kier molecular flexibility index (Phi) is 6.85. The maximum atomic E-state index is 12.9. The van der Waals surface area contributed by atoms with E-state index in [4.69, 9.17) is 4.74 Å². The number of methoxy groups -OCH3 is 1. The number of ketones is 1. The number of carbonyl (C=O) groups is 2. The van der Waals surface area contributed by atoms with Crippen LogP contribution in [0.3, 0.4) is 0 Å². The van der Waals surface area contributed by atoms with Gasteiger partial charge in [-0.1, -0.05) is 13.3 Å². The van der Waals surface area contributed by atoms with Crippen LogP contribution in [0, 0.1) is 19.8 Å². The van der Waals surface area contributed by atoms with Crippen LogP contribution in [0.2, 0.25) is 0 Å². The molecule has 1 fully saturated rings. The van der Waals surface area contributed by atoms with Gasteiger partial charge in [0, 0.05) is 31.1 Å². The van der Waals surface area contributed by atoms with Gasteiger partial charge < -0.3 is 15.0 Å². The zero-order valence-electron chi connectivity index (χ0n) is 15.9. The van der Waals surface area contributed by atoms with Crippen LogP contribution in [0.15, 0.2) is 12.1 Å². The SMILES string of the molecule is CCCCNC(=O)N1CCC[C@@H](C(=O)c2cc(C)c(OC)c(C)c2)C1. The standard InChI is InChI=1S/C20H30N2O3/c1-5-6-9-21-20(24)22-10-7-8-16(13-22)18(23)17-11-14(2)19(25-4)15(3)12-17/h11-12,16H,5-10,13H2,1-4H3,(H,21,24)/t16-/m1/s1. The molecule has 0 spiro atoms. The van der Waals surface area contributed by atoms with E-state index in [-0.39, 0.29) is 17.7 Å². The number of Topliss-reactive ketones (excluding diaryl/α,β-unsaturated/α-hetero) is 1. The Morgan fingerprint density at radius 2 is 1.96 bits per heavy atom. The van der Waals surface area contributed by atoms with Gasteiger partial charge in [-0.25, -0.2) is 4.79 Å². The number of piperidine rings is 1. The normalized spacial score (nSPS) is 17.3. The lowest BCUT2D eigenvalue weighted by Gasteiger charge is -2.32. The minimum Gasteiger partial charge on any atom is -0.496 e. The molecule has 1 atom stereocenters. The molecule has 0 aromatic heterocycles. The summed E-state index contributed by atoms with van der Waals surface area (Å²) in [6, 6.07) is 3.75. The largest absolute Gasteiger partial charge is 0.496 e. The highest BCUT2D eigenvalue weighted by atomic mass is 16.5. The molecular weight excluding hydrogens is 316 g/mol. The van der Waals surface area contributed by atoms with E-state index in [1.807, 2.05) is 26.0 Å². The topological polar surface area (TPSA) is 58.6 Å². The lowest BCUT2D eigenvalue weighted by molar-refractivity contribution is 0.0845. The summed E-state index contributed by atoms with van der Waals surface area (Å²) in [6.45, 7) is 7.93. The molecule has 1 heterocycles. The van der Waals surface area contributed by atoms with Gasteiger partial charge in [-0.2, -0.15) is 0 Å². The Morgan fingerprint density at radius 3 is 2.56 bits per heavy atom. The van der Waals surface area contributed by atoms with Crippen molar-refractivity contribution in [3.63, 3.8) is 0 Å². The minimum absolute atomic E-state index is 0.0481. The number of amides is 2. The lowest BCUT2D eigenvalue weighted by atomic mass is 9.89. The number of nitrogens with zero attached hydrogens (tertiary/aromatic N) is 1. The van der Waals surface area contributed by atoms with Crippen LogP contribution in [-0.2, 0) is 0 Å². The summed E-state index contributed by atoms with van der Waals surface area (Å²) in [6.07, 6.45) is 3.73. The van der Waals surface area contributed by atoms with Gasteiger partial charge in [0.15, 0.2) is 5.78 Å². The van der Waals surface area contributed by atoms with Crippen LogP contribution in [-0.4, -0.2) is 43.5 Å². The Labute approximate surface area is 150 Å². The van der Waals surface area contributed by atoms with Crippen LogP contribution < -0.4 is 10.1 Å². The highest BCUT2D eigenvalue weighted by Gasteiger charge is 2.29. The highest BCUT2D eigenvalue weighted by Crippen LogP contribution is 2.27. The second kappa shape index (κ2) is 8.88. The summed E-state index contributed by atoms with van der Waals surface area (Å²) in [5.41, 5.74) is 2.65. The molecule has 0 saturated carbocycles. The molecule has 2 amide bonds. The van der Waals surface area contributed by atoms with Crippen molar-refractivity contribution in [2.24, 2.45) is 5.92 Å². The second-order valence-electron chi connectivity index (χ2n) is 6.88. The number of urea groups is 1. The van der Waals surface area contributed by atoms with Crippen molar-refractivity contribution in [1.29, 1.82) is 0 Å². The van der Waals surface area contributed by atoms with E-state index in [1.54, 1.807) is 12.0 Å². The molecule has 1 aromatic rings. The molecule has 0 unspecified atom stereocenters. The van der Waals surface area contributed by atoms with Gasteiger partial charge in [-0.05, 0) is 56.4 Å². The van der Waals surface area contributed by atoms with E-state index < -0.39 is 0 Å². The fourth-order valence-corrected chi connectivity index (χ4v) is 3.51. The first-order chi connectivity index (χ1) is 12.0. The number of likely N-dealkylation sites (tertiary alicyclic amines) is 1. The average Bonchev–Trinajstić information content (AvgIpc) is 2.61. The number of hydrogen-bond acceptors (Lipinski definition) is 3. The van der Waals surface area contributed by atoms with Gasteiger partial charge in [-0.15, -0.1) is 0 Å². The second-order valence-corrected chi connectivity index (χ2v) is 6.88. The molecule has 0 aliphatic carbocycles. The van der Waals surface area contributed by atoms with Crippen LogP contribution in [0.1, 0.15) is 54.1 Å². The Hall–Kier alpha value is -2.04. The van der Waals surface area contributed by atoms with E-state index >= 15 is 0 Å². The smallest absolute Gasteiger partial charge is 0.317 e. The highest BCUT2D eigenvalue weighted by molar-refractivity contribution is 5.99. The van der Waals surface area contributed by atoms with Crippen molar-refractivity contribution in [3.8, 4) is 5.75 Å². The third kappa shape index (κ3) is 4.74. The Morgan fingerprint density at radius 1 is 1.28 bits per heavy atom. The number of ether oxygens (including phenoxy) is 1. The van der Waals surface area contributed by atoms with E-state index in [1.165, 1.54) is 0 Å². The molecule has 2 rings (SSSR count). The number of unbranched alkanes of at least 4 members (excludes halogenated alkanes) is 1. The molecule has 1 aliphatic rings. The van der Waals surface area contributed by atoms with E-state index in [9.17, 15) is 9.59 Å². The fourth-order valence-electron chi connectivity index (χ4n) is 3.51. The van der Waals surface area contributed by atoms with Gasteiger partial charge in [0.25, 0.3) is 0 Å². The molecule has 1 aromatic carbocycles. The van der Waals surface area contributed by atoms with E-state index in [2.05, 4.69) is 12.2 Å². The first-order valence-corrected chi connectivity index (χ1v) is 9.20.